The van der Waals surface area contributed by atoms with Gasteiger partial charge >= 0.3 is 6.18 Å². The number of hydrogen-bond donors (Lipinski definition) is 2. The molecule has 0 saturated carbocycles. The molecule has 2 N–H and O–H groups in total. The first-order valence-electron chi connectivity index (χ1n) is 9.77. The minimum absolute atomic E-state index is 0. The number of nitrogens with zero attached hydrogens (tertiary/aromatic N) is 3. The van der Waals surface area contributed by atoms with Crippen LogP contribution in [0.2, 0.25) is 5.15 Å². The molecule has 0 aromatic carbocycles. The van der Waals surface area contributed by atoms with Gasteiger partial charge in [-0.25, -0.2) is 4.98 Å². The van der Waals surface area contributed by atoms with Crippen molar-refractivity contribution in [2.24, 2.45) is 10.9 Å². The molecule has 0 unspecified atom stereocenters. The lowest BCUT2D eigenvalue weighted by Crippen LogP contribution is -2.40. The first-order chi connectivity index (χ1) is 13.4. The smallest absolute Gasteiger partial charge is 0.357 e. The van der Waals surface area contributed by atoms with E-state index in [1.165, 1.54) is 4.90 Å². The fourth-order valence-corrected chi connectivity index (χ4v) is 3.38. The summed E-state index contributed by atoms with van der Waals surface area (Å²) in [5, 5.41) is 7.00. The molecule has 29 heavy (non-hydrogen) atoms. The average Bonchev–Trinajstić information content (AvgIpc) is 2.63. The van der Waals surface area contributed by atoms with Gasteiger partial charge in [0.05, 0.1) is 6.54 Å². The number of likely N-dealkylation sites (tertiary alicyclic amines) is 1. The molecule has 2 heterocycles. The second kappa shape index (κ2) is 13.5. The number of alkyl halides is 3. The summed E-state index contributed by atoms with van der Waals surface area (Å²) in [6, 6.07) is 3.72. The number of aromatic nitrogens is 1. The van der Waals surface area contributed by atoms with Crippen molar-refractivity contribution in [3.63, 3.8) is 0 Å². The molecular weight excluding hydrogens is 518 g/mol. The topological polar surface area (TPSA) is 52.6 Å². The fourth-order valence-electron chi connectivity index (χ4n) is 3.27. The van der Waals surface area contributed by atoms with Crippen LogP contribution in [0.4, 0.5) is 13.2 Å². The van der Waals surface area contributed by atoms with E-state index in [2.05, 4.69) is 20.6 Å². The van der Waals surface area contributed by atoms with Crippen molar-refractivity contribution in [1.29, 1.82) is 0 Å². The van der Waals surface area contributed by atoms with Gasteiger partial charge in [-0.2, -0.15) is 13.2 Å². The fraction of sp³-hybridized carbons (Fsp3) is 0.684. The standard InChI is InChI=1S/C19H29ClF3N5.HI/c1-2-24-18(26-10-6-16-3-4-17(20)27-13-16)25-9-5-15-7-11-28(12-8-15)14-19(21,22)23;/h3-4,13,15H,2,5-12,14H2,1H3,(H2,24,25,26);1H. The van der Waals surface area contributed by atoms with Crippen LogP contribution in [0.1, 0.15) is 31.7 Å². The van der Waals surface area contributed by atoms with Crippen LogP contribution >= 0.6 is 35.6 Å². The Morgan fingerprint density at radius 1 is 1.28 bits per heavy atom. The molecule has 0 atom stereocenters. The van der Waals surface area contributed by atoms with Gasteiger partial charge in [0.1, 0.15) is 5.15 Å². The molecule has 0 bridgehead atoms. The minimum Gasteiger partial charge on any atom is -0.357 e. The lowest BCUT2D eigenvalue weighted by atomic mass is 9.93. The normalized spacial score (nSPS) is 16.4. The van der Waals surface area contributed by atoms with Crippen LogP contribution in [0.25, 0.3) is 0 Å². The number of piperidine rings is 1. The number of nitrogens with one attached hydrogen (secondary N) is 2. The van der Waals surface area contributed by atoms with Crippen molar-refractivity contribution in [3.8, 4) is 0 Å². The number of pyridine rings is 1. The Balaban J connectivity index is 0.00000420. The first kappa shape index (κ1) is 26.2. The van der Waals surface area contributed by atoms with Crippen LogP contribution in [0.5, 0.6) is 0 Å². The largest absolute Gasteiger partial charge is 0.401 e. The molecular formula is C19H30ClF3IN5. The average molecular weight is 548 g/mol. The maximum Gasteiger partial charge on any atom is 0.401 e. The van der Waals surface area contributed by atoms with Crippen molar-refractivity contribution < 1.29 is 13.2 Å². The second-order valence-electron chi connectivity index (χ2n) is 7.05. The predicted molar refractivity (Wildman–Crippen MR) is 122 cm³/mol. The zero-order valence-corrected chi connectivity index (χ0v) is 19.7. The molecule has 1 aromatic heterocycles. The Bertz CT molecular complexity index is 605. The molecule has 1 saturated heterocycles. The third-order valence-corrected chi connectivity index (χ3v) is 4.98. The SMILES string of the molecule is CCNC(=NCCC1CCN(CC(F)(F)F)CC1)NCCc1ccc(Cl)nc1.I. The van der Waals surface area contributed by atoms with Crippen LogP contribution in [0.3, 0.4) is 0 Å². The summed E-state index contributed by atoms with van der Waals surface area (Å²) in [4.78, 5) is 10.2. The molecule has 5 nitrogen and oxygen atoms in total. The molecule has 1 aromatic rings. The molecule has 2 rings (SSSR count). The van der Waals surface area contributed by atoms with Crippen molar-refractivity contribution in [2.75, 3.05) is 39.3 Å². The van der Waals surface area contributed by atoms with Gasteiger partial charge in [0.25, 0.3) is 0 Å². The van der Waals surface area contributed by atoms with E-state index in [4.69, 9.17) is 11.6 Å². The molecule has 1 fully saturated rings. The van der Waals surface area contributed by atoms with Crippen molar-refractivity contribution in [1.82, 2.24) is 20.5 Å². The van der Waals surface area contributed by atoms with Gasteiger partial charge in [0, 0.05) is 25.8 Å². The van der Waals surface area contributed by atoms with Gasteiger partial charge in [-0.1, -0.05) is 17.7 Å². The minimum atomic E-state index is -4.11. The Hall–Kier alpha value is -0.810. The molecule has 166 valence electrons. The third kappa shape index (κ3) is 11.2. The second-order valence-corrected chi connectivity index (χ2v) is 7.44. The first-order valence-corrected chi connectivity index (χ1v) is 10.1. The summed E-state index contributed by atoms with van der Waals surface area (Å²) >= 11 is 5.79. The summed E-state index contributed by atoms with van der Waals surface area (Å²) in [5.74, 6) is 1.20. The number of hydrogen-bond acceptors (Lipinski definition) is 3. The Morgan fingerprint density at radius 3 is 2.59 bits per heavy atom. The van der Waals surface area contributed by atoms with Crippen LogP contribution in [0.15, 0.2) is 23.3 Å². The van der Waals surface area contributed by atoms with Gasteiger partial charge < -0.3 is 10.6 Å². The van der Waals surface area contributed by atoms with Gasteiger partial charge in [0.15, 0.2) is 5.96 Å². The molecule has 0 amide bonds. The number of aliphatic imine (C=N–C) groups is 1. The van der Waals surface area contributed by atoms with Crippen LogP contribution in [-0.2, 0) is 6.42 Å². The lowest BCUT2D eigenvalue weighted by Gasteiger charge is -2.32. The summed E-state index contributed by atoms with van der Waals surface area (Å²) in [7, 11) is 0. The van der Waals surface area contributed by atoms with E-state index in [-0.39, 0.29) is 24.0 Å². The highest BCUT2D eigenvalue weighted by Crippen LogP contribution is 2.24. The van der Waals surface area contributed by atoms with E-state index in [1.807, 2.05) is 13.0 Å². The molecule has 1 aliphatic rings. The zero-order chi connectivity index (χ0) is 20.4. The van der Waals surface area contributed by atoms with E-state index in [1.54, 1.807) is 12.3 Å². The highest BCUT2D eigenvalue weighted by atomic mass is 127. The molecule has 1 aliphatic heterocycles. The molecule has 0 aliphatic carbocycles. The van der Waals surface area contributed by atoms with E-state index >= 15 is 0 Å². The monoisotopic (exact) mass is 547 g/mol. The van der Waals surface area contributed by atoms with Gasteiger partial charge in [0.2, 0.25) is 0 Å². The quantitative estimate of drug-likeness (QED) is 0.223. The Labute approximate surface area is 192 Å². The van der Waals surface area contributed by atoms with Gasteiger partial charge in [-0.3, -0.25) is 9.89 Å². The van der Waals surface area contributed by atoms with Crippen molar-refractivity contribution in [3.05, 3.63) is 29.0 Å². The van der Waals surface area contributed by atoms with Gasteiger partial charge in [-0.05, 0) is 63.2 Å². The third-order valence-electron chi connectivity index (χ3n) is 4.76. The zero-order valence-electron chi connectivity index (χ0n) is 16.6. The molecule has 0 spiro atoms. The summed E-state index contributed by atoms with van der Waals surface area (Å²) < 4.78 is 37.3. The van der Waals surface area contributed by atoms with Crippen LogP contribution in [-0.4, -0.2) is 61.3 Å². The predicted octanol–water partition coefficient (Wildman–Crippen LogP) is 4.12. The number of guanidine groups is 1. The molecule has 0 radical (unpaired) electrons. The van der Waals surface area contributed by atoms with E-state index in [0.29, 0.717) is 30.7 Å². The van der Waals surface area contributed by atoms with E-state index in [0.717, 1.165) is 50.3 Å². The Kier molecular flexibility index (Phi) is 12.2. The summed E-state index contributed by atoms with van der Waals surface area (Å²) in [5.41, 5.74) is 1.10. The maximum absolute atomic E-state index is 12.4. The van der Waals surface area contributed by atoms with Crippen molar-refractivity contribution in [2.45, 2.75) is 38.8 Å². The number of halogens is 5. The van der Waals surface area contributed by atoms with E-state index in [9.17, 15) is 13.2 Å². The van der Waals surface area contributed by atoms with Crippen LogP contribution < -0.4 is 10.6 Å². The lowest BCUT2D eigenvalue weighted by molar-refractivity contribution is -0.148. The summed E-state index contributed by atoms with van der Waals surface area (Å²) in [6.45, 7) is 4.41. The molecule has 10 heteroatoms. The maximum atomic E-state index is 12.4. The Morgan fingerprint density at radius 2 is 2.00 bits per heavy atom. The van der Waals surface area contributed by atoms with E-state index < -0.39 is 12.7 Å². The van der Waals surface area contributed by atoms with Crippen LogP contribution in [0, 0.1) is 5.92 Å². The summed E-state index contributed by atoms with van der Waals surface area (Å²) in [6.07, 6.45) is 0.979. The number of rotatable bonds is 8. The van der Waals surface area contributed by atoms with Crippen molar-refractivity contribution >= 4 is 41.5 Å². The van der Waals surface area contributed by atoms with Gasteiger partial charge in [-0.15, -0.1) is 24.0 Å². The highest BCUT2D eigenvalue weighted by molar-refractivity contribution is 14.0. The highest BCUT2D eigenvalue weighted by Gasteiger charge is 2.32.